The van der Waals surface area contributed by atoms with Gasteiger partial charge >= 0.3 is 0 Å². The molecule has 0 aliphatic heterocycles. The SMILES string of the molecule is CCc1cc2c(CC(Br)COC)ncnc2s1. The van der Waals surface area contributed by atoms with E-state index in [2.05, 4.69) is 38.9 Å². The van der Waals surface area contributed by atoms with Gasteiger partial charge < -0.3 is 4.74 Å². The highest BCUT2D eigenvalue weighted by Crippen LogP contribution is 2.27. The Balaban J connectivity index is 2.30. The number of thiophene rings is 1. The summed E-state index contributed by atoms with van der Waals surface area (Å²) in [5, 5.41) is 1.19. The molecule has 0 aliphatic rings. The third-order valence-electron chi connectivity index (χ3n) is 2.57. The summed E-state index contributed by atoms with van der Waals surface area (Å²) < 4.78 is 5.13. The number of fused-ring (bicyclic) bond motifs is 1. The Morgan fingerprint density at radius 3 is 3.00 bits per heavy atom. The molecule has 2 rings (SSSR count). The Kier molecular flexibility index (Phi) is 4.48. The van der Waals surface area contributed by atoms with Crippen LogP contribution in [0.2, 0.25) is 0 Å². The van der Waals surface area contributed by atoms with Crippen molar-refractivity contribution in [2.75, 3.05) is 13.7 Å². The summed E-state index contributed by atoms with van der Waals surface area (Å²) in [6, 6.07) is 2.21. The second-order valence-corrected chi connectivity index (χ2v) is 6.27. The minimum atomic E-state index is 0.301. The van der Waals surface area contributed by atoms with Gasteiger partial charge in [0.1, 0.15) is 11.2 Å². The van der Waals surface area contributed by atoms with Crippen LogP contribution in [0.3, 0.4) is 0 Å². The summed E-state index contributed by atoms with van der Waals surface area (Å²) >= 11 is 5.36. The number of alkyl halides is 1. The van der Waals surface area contributed by atoms with E-state index in [9.17, 15) is 0 Å². The third kappa shape index (κ3) is 3.03. The molecule has 17 heavy (non-hydrogen) atoms. The van der Waals surface area contributed by atoms with E-state index in [-0.39, 0.29) is 0 Å². The molecule has 0 bridgehead atoms. The van der Waals surface area contributed by atoms with Gasteiger partial charge in [0.15, 0.2) is 0 Å². The maximum atomic E-state index is 5.13. The zero-order valence-electron chi connectivity index (χ0n) is 9.94. The largest absolute Gasteiger partial charge is 0.384 e. The van der Waals surface area contributed by atoms with Gasteiger partial charge in [0.2, 0.25) is 0 Å². The second kappa shape index (κ2) is 5.89. The Morgan fingerprint density at radius 2 is 2.29 bits per heavy atom. The van der Waals surface area contributed by atoms with Crippen LogP contribution in [-0.4, -0.2) is 28.5 Å². The minimum absolute atomic E-state index is 0.301. The number of rotatable bonds is 5. The quantitative estimate of drug-likeness (QED) is 0.795. The van der Waals surface area contributed by atoms with Gasteiger partial charge in [-0.05, 0) is 12.5 Å². The van der Waals surface area contributed by atoms with Crippen LogP contribution in [0, 0.1) is 0 Å². The molecule has 1 unspecified atom stereocenters. The molecule has 0 aliphatic carbocycles. The Morgan fingerprint density at radius 1 is 1.47 bits per heavy atom. The van der Waals surface area contributed by atoms with E-state index in [1.54, 1.807) is 24.8 Å². The van der Waals surface area contributed by atoms with E-state index in [0.717, 1.165) is 23.4 Å². The average Bonchev–Trinajstić information content (AvgIpc) is 2.73. The highest BCUT2D eigenvalue weighted by Gasteiger charge is 2.12. The molecule has 0 N–H and O–H groups in total. The van der Waals surface area contributed by atoms with Gasteiger partial charge in [-0.25, -0.2) is 9.97 Å². The van der Waals surface area contributed by atoms with Gasteiger partial charge in [0, 0.05) is 28.6 Å². The lowest BCUT2D eigenvalue weighted by molar-refractivity contribution is 0.200. The topological polar surface area (TPSA) is 35.0 Å². The fraction of sp³-hybridized carbons (Fsp3) is 0.500. The van der Waals surface area contributed by atoms with E-state index in [1.807, 2.05) is 0 Å². The van der Waals surface area contributed by atoms with E-state index < -0.39 is 0 Å². The van der Waals surface area contributed by atoms with E-state index in [0.29, 0.717) is 11.4 Å². The fourth-order valence-corrected chi connectivity index (χ4v) is 3.27. The third-order valence-corrected chi connectivity index (χ3v) is 4.35. The van der Waals surface area contributed by atoms with E-state index in [4.69, 9.17) is 4.74 Å². The van der Waals surface area contributed by atoms with Crippen LogP contribution in [0.1, 0.15) is 17.5 Å². The van der Waals surface area contributed by atoms with Crippen molar-refractivity contribution in [2.24, 2.45) is 0 Å². The van der Waals surface area contributed by atoms with Crippen molar-refractivity contribution in [3.8, 4) is 0 Å². The molecule has 5 heteroatoms. The summed E-state index contributed by atoms with van der Waals surface area (Å²) in [6.07, 6.45) is 3.57. The molecular weight excluding hydrogens is 300 g/mol. The summed E-state index contributed by atoms with van der Waals surface area (Å²) in [7, 11) is 1.71. The molecule has 3 nitrogen and oxygen atoms in total. The maximum absolute atomic E-state index is 5.13. The van der Waals surface area contributed by atoms with E-state index in [1.165, 1.54) is 10.3 Å². The number of hydrogen-bond donors (Lipinski definition) is 0. The van der Waals surface area contributed by atoms with Gasteiger partial charge in [-0.15, -0.1) is 11.3 Å². The van der Waals surface area contributed by atoms with Crippen LogP contribution in [-0.2, 0) is 17.6 Å². The molecule has 2 aromatic heterocycles. The second-order valence-electron chi connectivity index (χ2n) is 3.86. The van der Waals surface area contributed by atoms with E-state index >= 15 is 0 Å². The fourth-order valence-electron chi connectivity index (χ4n) is 1.74. The van der Waals surface area contributed by atoms with Crippen molar-refractivity contribution in [1.82, 2.24) is 9.97 Å². The van der Waals surface area contributed by atoms with Gasteiger partial charge in [0.25, 0.3) is 0 Å². The molecule has 0 radical (unpaired) electrons. The minimum Gasteiger partial charge on any atom is -0.384 e. The summed E-state index contributed by atoms with van der Waals surface area (Å²) in [5.74, 6) is 0. The van der Waals surface area contributed by atoms with Gasteiger partial charge in [-0.3, -0.25) is 0 Å². The highest BCUT2D eigenvalue weighted by atomic mass is 79.9. The Bertz CT molecular complexity index is 500. The first-order chi connectivity index (χ1) is 8.24. The van der Waals surface area contributed by atoms with Crippen molar-refractivity contribution < 1.29 is 4.74 Å². The summed E-state index contributed by atoms with van der Waals surface area (Å²) in [6.45, 7) is 2.85. The number of aromatic nitrogens is 2. The molecule has 1 atom stereocenters. The number of halogens is 1. The van der Waals surface area contributed by atoms with Crippen LogP contribution >= 0.6 is 27.3 Å². The number of hydrogen-bond acceptors (Lipinski definition) is 4. The van der Waals surface area contributed by atoms with Crippen LogP contribution in [0.4, 0.5) is 0 Å². The number of nitrogens with zero attached hydrogens (tertiary/aromatic N) is 2. The van der Waals surface area contributed by atoms with Crippen LogP contribution in [0.25, 0.3) is 10.2 Å². The zero-order valence-corrected chi connectivity index (χ0v) is 12.3. The molecule has 0 fully saturated rings. The van der Waals surface area contributed by atoms with Crippen LogP contribution in [0.5, 0.6) is 0 Å². The van der Waals surface area contributed by atoms with Crippen molar-refractivity contribution in [3.63, 3.8) is 0 Å². The van der Waals surface area contributed by atoms with Crippen LogP contribution in [0.15, 0.2) is 12.4 Å². The molecule has 0 aromatic carbocycles. The summed E-state index contributed by atoms with van der Waals surface area (Å²) in [5.41, 5.74) is 1.10. The Labute approximate surface area is 113 Å². The molecule has 0 saturated heterocycles. The smallest absolute Gasteiger partial charge is 0.127 e. The monoisotopic (exact) mass is 314 g/mol. The zero-order chi connectivity index (χ0) is 12.3. The average molecular weight is 315 g/mol. The van der Waals surface area contributed by atoms with Crippen LogP contribution < -0.4 is 0 Å². The predicted octanol–water partition coefficient (Wildman–Crippen LogP) is 3.21. The van der Waals surface area contributed by atoms with Crippen molar-refractivity contribution in [1.29, 1.82) is 0 Å². The van der Waals surface area contributed by atoms with Gasteiger partial charge in [0.05, 0.1) is 12.3 Å². The maximum Gasteiger partial charge on any atom is 0.127 e. The lowest BCUT2D eigenvalue weighted by Crippen LogP contribution is -2.11. The first-order valence-corrected chi connectivity index (χ1v) is 7.33. The first-order valence-electron chi connectivity index (χ1n) is 5.60. The molecule has 2 heterocycles. The number of aryl methyl sites for hydroxylation is 1. The predicted molar refractivity (Wildman–Crippen MR) is 75.1 cm³/mol. The molecule has 0 amide bonds. The van der Waals surface area contributed by atoms with Gasteiger partial charge in [-0.2, -0.15) is 0 Å². The van der Waals surface area contributed by atoms with Crippen molar-refractivity contribution in [2.45, 2.75) is 24.6 Å². The van der Waals surface area contributed by atoms with Crippen molar-refractivity contribution in [3.05, 3.63) is 23.0 Å². The Hall–Kier alpha value is -0.520. The van der Waals surface area contributed by atoms with Crippen molar-refractivity contribution >= 4 is 37.5 Å². The normalized spacial score (nSPS) is 13.1. The molecule has 92 valence electrons. The highest BCUT2D eigenvalue weighted by molar-refractivity contribution is 9.09. The standard InChI is InChI=1S/C12H15BrN2OS/c1-3-9-5-10-11(4-8(13)6-16-2)14-7-15-12(10)17-9/h5,7-8H,3-4,6H2,1-2H3. The molecule has 0 saturated carbocycles. The number of methoxy groups -OCH3 is 1. The molecule has 0 spiro atoms. The summed E-state index contributed by atoms with van der Waals surface area (Å²) in [4.78, 5) is 11.5. The first kappa shape index (κ1) is 12.9. The lowest BCUT2D eigenvalue weighted by Gasteiger charge is -2.08. The number of ether oxygens (including phenoxy) is 1. The molecular formula is C12H15BrN2OS. The molecule has 2 aromatic rings. The lowest BCUT2D eigenvalue weighted by atomic mass is 10.1. The van der Waals surface area contributed by atoms with Gasteiger partial charge in [-0.1, -0.05) is 22.9 Å².